The second-order valence-electron chi connectivity index (χ2n) is 4.06. The number of rotatable bonds is 5. The van der Waals surface area contributed by atoms with Crippen LogP contribution in [0.5, 0.6) is 0 Å². The van der Waals surface area contributed by atoms with Crippen molar-refractivity contribution in [1.82, 2.24) is 0 Å². The summed E-state index contributed by atoms with van der Waals surface area (Å²) in [5.41, 5.74) is 6.10. The van der Waals surface area contributed by atoms with Crippen LogP contribution in [-0.4, -0.2) is 19.0 Å². The van der Waals surface area contributed by atoms with Crippen LogP contribution >= 0.6 is 0 Å². The number of hydrogen-bond donors (Lipinski definition) is 1. The summed E-state index contributed by atoms with van der Waals surface area (Å²) in [4.78, 5) is 13.7. The Kier molecular flexibility index (Phi) is 4.30. The quantitative estimate of drug-likeness (QED) is 0.900. The van der Waals surface area contributed by atoms with Crippen molar-refractivity contribution in [3.8, 4) is 0 Å². The number of carbonyl (C=O) groups is 1. The van der Waals surface area contributed by atoms with E-state index in [4.69, 9.17) is 10.2 Å². The molecule has 0 atom stereocenters. The molecule has 100 valence electrons. The lowest BCUT2D eigenvalue weighted by Gasteiger charge is -2.22. The zero-order chi connectivity index (χ0) is 13.7. The van der Waals surface area contributed by atoms with E-state index in [1.807, 2.05) is 0 Å². The second kappa shape index (κ2) is 6.15. The highest BCUT2D eigenvalue weighted by Gasteiger charge is 2.20. The van der Waals surface area contributed by atoms with Gasteiger partial charge in [-0.1, -0.05) is 12.1 Å². The molecular weight excluding hydrogens is 247 g/mol. The maximum absolute atomic E-state index is 13.8. The van der Waals surface area contributed by atoms with Crippen LogP contribution in [0.15, 0.2) is 47.3 Å². The molecule has 0 fully saturated rings. The maximum Gasteiger partial charge on any atom is 0.261 e. The average Bonchev–Trinajstić information content (AvgIpc) is 2.94. The zero-order valence-electron chi connectivity index (χ0n) is 10.4. The second-order valence-corrected chi connectivity index (χ2v) is 4.06. The predicted octanol–water partition coefficient (Wildman–Crippen LogP) is 2.41. The van der Waals surface area contributed by atoms with Gasteiger partial charge in [-0.3, -0.25) is 4.79 Å². The van der Waals surface area contributed by atoms with Crippen LogP contribution in [0.2, 0.25) is 0 Å². The van der Waals surface area contributed by atoms with Crippen molar-refractivity contribution in [3.05, 3.63) is 54.2 Å². The first-order valence-electron chi connectivity index (χ1n) is 6.02. The largest absolute Gasteiger partial charge is 0.472 e. The lowest BCUT2D eigenvalue weighted by molar-refractivity contribution is 0.0985. The lowest BCUT2D eigenvalue weighted by atomic mass is 10.2. The highest BCUT2D eigenvalue weighted by molar-refractivity contribution is 6.05. The predicted molar refractivity (Wildman–Crippen MR) is 70.5 cm³/mol. The first-order valence-corrected chi connectivity index (χ1v) is 6.02. The Morgan fingerprint density at radius 2 is 2.11 bits per heavy atom. The van der Waals surface area contributed by atoms with Crippen LogP contribution in [0, 0.1) is 5.82 Å². The number of nitrogens with two attached hydrogens (primary N) is 1. The van der Waals surface area contributed by atoms with Crippen LogP contribution in [0.4, 0.5) is 10.1 Å². The van der Waals surface area contributed by atoms with Crippen molar-refractivity contribution >= 4 is 11.6 Å². The fourth-order valence-corrected chi connectivity index (χ4v) is 1.79. The molecule has 0 bridgehead atoms. The summed E-state index contributed by atoms with van der Waals surface area (Å²) in [5, 5.41) is 0. The van der Waals surface area contributed by atoms with E-state index in [0.717, 1.165) is 0 Å². The number of benzene rings is 1. The number of nitrogens with zero attached hydrogens (tertiary/aromatic N) is 1. The van der Waals surface area contributed by atoms with Crippen LogP contribution < -0.4 is 10.6 Å². The summed E-state index contributed by atoms with van der Waals surface area (Å²) < 4.78 is 18.7. The van der Waals surface area contributed by atoms with Gasteiger partial charge in [0.25, 0.3) is 5.91 Å². The van der Waals surface area contributed by atoms with Gasteiger partial charge in [0.1, 0.15) is 12.1 Å². The van der Waals surface area contributed by atoms with Crippen molar-refractivity contribution in [2.45, 2.75) is 6.42 Å². The number of carbonyl (C=O) groups excluding carboxylic acids is 1. The normalized spacial score (nSPS) is 10.4. The molecule has 1 aromatic carbocycles. The van der Waals surface area contributed by atoms with E-state index < -0.39 is 5.82 Å². The summed E-state index contributed by atoms with van der Waals surface area (Å²) in [7, 11) is 0. The molecule has 0 unspecified atom stereocenters. The van der Waals surface area contributed by atoms with E-state index in [1.165, 1.54) is 23.5 Å². The van der Waals surface area contributed by atoms with E-state index in [0.29, 0.717) is 25.1 Å². The van der Waals surface area contributed by atoms with Crippen LogP contribution in [0.3, 0.4) is 0 Å². The third-order valence-electron chi connectivity index (χ3n) is 2.74. The van der Waals surface area contributed by atoms with Gasteiger partial charge in [0.15, 0.2) is 0 Å². The Labute approximate surface area is 110 Å². The monoisotopic (exact) mass is 262 g/mol. The number of hydrogen-bond acceptors (Lipinski definition) is 3. The summed E-state index contributed by atoms with van der Waals surface area (Å²) in [6.45, 7) is 0.797. The molecule has 2 rings (SSSR count). The third-order valence-corrected chi connectivity index (χ3v) is 2.74. The molecule has 1 amide bonds. The van der Waals surface area contributed by atoms with Gasteiger partial charge < -0.3 is 15.1 Å². The molecule has 0 aliphatic rings. The van der Waals surface area contributed by atoms with Crippen LogP contribution in [0.25, 0.3) is 0 Å². The van der Waals surface area contributed by atoms with E-state index >= 15 is 0 Å². The average molecular weight is 262 g/mol. The fourth-order valence-electron chi connectivity index (χ4n) is 1.79. The minimum absolute atomic E-state index is 0.252. The first kappa shape index (κ1) is 13.3. The minimum Gasteiger partial charge on any atom is -0.472 e. The van der Waals surface area contributed by atoms with Gasteiger partial charge in [-0.05, 0) is 31.2 Å². The van der Waals surface area contributed by atoms with Crippen molar-refractivity contribution < 1.29 is 13.6 Å². The molecule has 1 heterocycles. The Hall–Kier alpha value is -2.14. The van der Waals surface area contributed by atoms with Gasteiger partial charge in [-0.2, -0.15) is 0 Å². The highest BCUT2D eigenvalue weighted by atomic mass is 19.1. The number of para-hydroxylation sites is 1. The van der Waals surface area contributed by atoms with Crippen LogP contribution in [-0.2, 0) is 0 Å². The van der Waals surface area contributed by atoms with Crippen LogP contribution in [0.1, 0.15) is 16.8 Å². The molecule has 0 aliphatic heterocycles. The summed E-state index contributed by atoms with van der Waals surface area (Å²) in [6.07, 6.45) is 3.35. The van der Waals surface area contributed by atoms with Gasteiger partial charge >= 0.3 is 0 Å². The molecule has 0 saturated carbocycles. The minimum atomic E-state index is -0.434. The van der Waals surface area contributed by atoms with Gasteiger partial charge in [0.05, 0.1) is 17.5 Å². The van der Waals surface area contributed by atoms with Gasteiger partial charge in [0.2, 0.25) is 0 Å². The molecule has 4 nitrogen and oxygen atoms in total. The third kappa shape index (κ3) is 3.00. The first-order chi connectivity index (χ1) is 9.24. The maximum atomic E-state index is 13.8. The standard InChI is InChI=1S/C14H15FN2O2/c15-12-4-1-2-5-13(12)17(8-3-7-16)14(18)11-6-9-19-10-11/h1-2,4-6,9-10H,3,7-8,16H2. The molecule has 0 spiro atoms. The van der Waals surface area contributed by atoms with Crippen molar-refractivity contribution in [3.63, 3.8) is 0 Å². The fraction of sp³-hybridized carbons (Fsp3) is 0.214. The zero-order valence-corrected chi connectivity index (χ0v) is 10.4. The molecule has 19 heavy (non-hydrogen) atoms. The molecule has 2 N–H and O–H groups in total. The van der Waals surface area contributed by atoms with E-state index in [-0.39, 0.29) is 11.6 Å². The smallest absolute Gasteiger partial charge is 0.261 e. The number of amides is 1. The Morgan fingerprint density at radius 1 is 1.32 bits per heavy atom. The molecule has 1 aromatic heterocycles. The molecule has 0 saturated heterocycles. The van der Waals surface area contributed by atoms with Gasteiger partial charge in [0, 0.05) is 6.54 Å². The molecule has 0 aliphatic carbocycles. The molecule has 2 aromatic rings. The molecule has 0 radical (unpaired) electrons. The van der Waals surface area contributed by atoms with Gasteiger partial charge in [-0.15, -0.1) is 0 Å². The number of halogens is 1. The van der Waals surface area contributed by atoms with E-state index in [9.17, 15) is 9.18 Å². The molecule has 5 heteroatoms. The van der Waals surface area contributed by atoms with E-state index in [2.05, 4.69) is 0 Å². The summed E-state index contributed by atoms with van der Waals surface area (Å²) in [6, 6.07) is 7.73. The van der Waals surface area contributed by atoms with E-state index in [1.54, 1.807) is 24.3 Å². The topological polar surface area (TPSA) is 59.5 Å². The van der Waals surface area contributed by atoms with Gasteiger partial charge in [-0.25, -0.2) is 4.39 Å². The Balaban J connectivity index is 2.31. The number of furan rings is 1. The number of anilines is 1. The Bertz CT molecular complexity index is 540. The van der Waals surface area contributed by atoms with Crippen molar-refractivity contribution in [2.24, 2.45) is 5.73 Å². The highest BCUT2D eigenvalue weighted by Crippen LogP contribution is 2.21. The summed E-state index contributed by atoms with van der Waals surface area (Å²) in [5.74, 6) is -0.733. The Morgan fingerprint density at radius 3 is 2.74 bits per heavy atom. The lowest BCUT2D eigenvalue weighted by Crippen LogP contribution is -2.33. The van der Waals surface area contributed by atoms with Crippen molar-refractivity contribution in [1.29, 1.82) is 0 Å². The summed E-state index contributed by atoms with van der Waals surface area (Å²) >= 11 is 0. The SMILES string of the molecule is NCCCN(C(=O)c1ccoc1)c1ccccc1F. The molecular formula is C14H15FN2O2. The van der Waals surface area contributed by atoms with Crippen molar-refractivity contribution in [2.75, 3.05) is 18.0 Å².